The zero-order valence-electron chi connectivity index (χ0n) is 20.0. The fraction of sp³-hybridized carbons (Fsp3) is 0.519. The standard InChI is InChI=1S/C27H38O5/c1-5-12-21-18-23(27(28)29)19-22(13-6-2)25(21)32-17-10-8-7-9-14-20-15-11-16-24(30-3)26(20)31-4/h11,15-16,18-19H,5-10,12-14,17H2,1-4H3,(H,28,29). The molecule has 0 aliphatic carbocycles. The predicted octanol–water partition coefficient (Wildman–Crippen LogP) is 6.49. The van der Waals surface area contributed by atoms with Crippen molar-refractivity contribution in [1.29, 1.82) is 0 Å². The molecule has 0 saturated carbocycles. The third kappa shape index (κ3) is 7.18. The molecule has 176 valence electrons. The maximum absolute atomic E-state index is 11.5. The number of aryl methyl sites for hydroxylation is 3. The summed E-state index contributed by atoms with van der Waals surface area (Å²) in [6, 6.07) is 9.57. The van der Waals surface area contributed by atoms with Crippen molar-refractivity contribution in [3.05, 3.63) is 52.6 Å². The molecule has 0 saturated heterocycles. The Morgan fingerprint density at radius 3 is 2.03 bits per heavy atom. The lowest BCUT2D eigenvalue weighted by Gasteiger charge is -2.17. The van der Waals surface area contributed by atoms with Crippen LogP contribution in [0.2, 0.25) is 0 Å². The average molecular weight is 443 g/mol. The lowest BCUT2D eigenvalue weighted by molar-refractivity contribution is 0.0696. The normalized spacial score (nSPS) is 10.8. The van der Waals surface area contributed by atoms with Gasteiger partial charge in [0.1, 0.15) is 5.75 Å². The van der Waals surface area contributed by atoms with E-state index in [1.54, 1.807) is 26.4 Å². The molecule has 0 aliphatic rings. The van der Waals surface area contributed by atoms with Gasteiger partial charge in [-0.25, -0.2) is 4.79 Å². The third-order valence-corrected chi connectivity index (χ3v) is 5.60. The van der Waals surface area contributed by atoms with Gasteiger partial charge in [0.05, 0.1) is 26.4 Å². The SMILES string of the molecule is CCCc1cc(C(=O)O)cc(CCC)c1OCCCCCCc1cccc(OC)c1OC. The van der Waals surface area contributed by atoms with Crippen molar-refractivity contribution in [3.8, 4) is 17.2 Å². The molecule has 0 bridgehead atoms. The van der Waals surface area contributed by atoms with Crippen LogP contribution in [0.4, 0.5) is 0 Å². The smallest absolute Gasteiger partial charge is 0.335 e. The Bertz CT molecular complexity index is 832. The summed E-state index contributed by atoms with van der Waals surface area (Å²) in [5.74, 6) is 1.63. The molecule has 5 heteroatoms. The maximum atomic E-state index is 11.5. The summed E-state index contributed by atoms with van der Waals surface area (Å²) in [6.07, 6.45) is 8.80. The zero-order valence-corrected chi connectivity index (χ0v) is 20.0. The minimum absolute atomic E-state index is 0.359. The number of para-hydroxylation sites is 1. The number of carboxylic acids is 1. The number of unbranched alkanes of at least 4 members (excludes halogenated alkanes) is 3. The Morgan fingerprint density at radius 2 is 1.47 bits per heavy atom. The van der Waals surface area contributed by atoms with Gasteiger partial charge in [0.15, 0.2) is 11.5 Å². The van der Waals surface area contributed by atoms with Crippen molar-refractivity contribution in [2.45, 2.75) is 71.6 Å². The zero-order chi connectivity index (χ0) is 23.3. The maximum Gasteiger partial charge on any atom is 0.335 e. The molecular weight excluding hydrogens is 404 g/mol. The second-order valence-electron chi connectivity index (χ2n) is 8.09. The van der Waals surface area contributed by atoms with Gasteiger partial charge in [-0.1, -0.05) is 51.7 Å². The Kier molecular flexibility index (Phi) is 10.9. The lowest BCUT2D eigenvalue weighted by Crippen LogP contribution is -2.07. The highest BCUT2D eigenvalue weighted by Gasteiger charge is 2.15. The summed E-state index contributed by atoms with van der Waals surface area (Å²) in [6.45, 7) is 4.87. The van der Waals surface area contributed by atoms with Crippen LogP contribution < -0.4 is 14.2 Å². The molecule has 0 unspecified atom stereocenters. The van der Waals surface area contributed by atoms with Crippen molar-refractivity contribution in [2.75, 3.05) is 20.8 Å². The van der Waals surface area contributed by atoms with Crippen molar-refractivity contribution in [2.24, 2.45) is 0 Å². The van der Waals surface area contributed by atoms with Gasteiger partial charge in [-0.2, -0.15) is 0 Å². The van der Waals surface area contributed by atoms with E-state index in [0.29, 0.717) is 12.2 Å². The molecule has 5 nitrogen and oxygen atoms in total. The largest absolute Gasteiger partial charge is 0.493 e. The second-order valence-corrected chi connectivity index (χ2v) is 8.09. The number of hydrogen-bond donors (Lipinski definition) is 1. The first kappa shape index (κ1) is 25.6. The van der Waals surface area contributed by atoms with Crippen LogP contribution in [-0.2, 0) is 19.3 Å². The monoisotopic (exact) mass is 442 g/mol. The molecule has 2 aromatic carbocycles. The Morgan fingerprint density at radius 1 is 0.812 bits per heavy atom. The van der Waals surface area contributed by atoms with Gasteiger partial charge in [-0.05, 0) is 67.0 Å². The van der Waals surface area contributed by atoms with Gasteiger partial charge in [-0.3, -0.25) is 0 Å². The van der Waals surface area contributed by atoms with Crippen LogP contribution in [-0.4, -0.2) is 31.9 Å². The molecule has 0 atom stereocenters. The molecule has 0 aromatic heterocycles. The molecule has 0 spiro atoms. The highest BCUT2D eigenvalue weighted by Crippen LogP contribution is 2.32. The average Bonchev–Trinajstić information content (AvgIpc) is 2.79. The van der Waals surface area contributed by atoms with Crippen LogP contribution in [0.25, 0.3) is 0 Å². The van der Waals surface area contributed by atoms with Crippen molar-refractivity contribution in [1.82, 2.24) is 0 Å². The summed E-state index contributed by atoms with van der Waals surface area (Å²) in [7, 11) is 3.34. The van der Waals surface area contributed by atoms with Crippen molar-refractivity contribution >= 4 is 5.97 Å². The molecule has 2 aromatic rings. The van der Waals surface area contributed by atoms with E-state index >= 15 is 0 Å². The van der Waals surface area contributed by atoms with Crippen LogP contribution in [0.15, 0.2) is 30.3 Å². The summed E-state index contributed by atoms with van der Waals surface area (Å²) in [4.78, 5) is 11.5. The summed E-state index contributed by atoms with van der Waals surface area (Å²) in [5.41, 5.74) is 3.56. The van der Waals surface area contributed by atoms with E-state index in [4.69, 9.17) is 14.2 Å². The summed E-state index contributed by atoms with van der Waals surface area (Å²) in [5, 5.41) is 9.45. The van der Waals surface area contributed by atoms with Gasteiger partial charge >= 0.3 is 5.97 Å². The van der Waals surface area contributed by atoms with Crippen LogP contribution in [0.5, 0.6) is 17.2 Å². The van der Waals surface area contributed by atoms with E-state index in [2.05, 4.69) is 19.9 Å². The molecule has 0 fully saturated rings. The molecule has 0 amide bonds. The van der Waals surface area contributed by atoms with E-state index in [-0.39, 0.29) is 0 Å². The molecule has 1 N–H and O–H groups in total. The predicted molar refractivity (Wildman–Crippen MR) is 129 cm³/mol. The van der Waals surface area contributed by atoms with E-state index in [1.165, 1.54) is 5.56 Å². The number of methoxy groups -OCH3 is 2. The molecular formula is C27H38O5. The van der Waals surface area contributed by atoms with Gasteiger partial charge in [0, 0.05) is 0 Å². The fourth-order valence-corrected chi connectivity index (χ4v) is 4.07. The van der Waals surface area contributed by atoms with Gasteiger partial charge in [0.2, 0.25) is 0 Å². The highest BCUT2D eigenvalue weighted by molar-refractivity contribution is 5.88. The molecule has 0 radical (unpaired) electrons. The van der Waals surface area contributed by atoms with E-state index < -0.39 is 5.97 Å². The minimum atomic E-state index is -0.876. The second kappa shape index (κ2) is 13.7. The first-order valence-electron chi connectivity index (χ1n) is 11.8. The van der Waals surface area contributed by atoms with Crippen LogP contribution in [0.3, 0.4) is 0 Å². The van der Waals surface area contributed by atoms with Crippen molar-refractivity contribution < 1.29 is 24.1 Å². The molecule has 32 heavy (non-hydrogen) atoms. The molecule has 2 rings (SSSR count). The number of carbonyl (C=O) groups is 1. The number of hydrogen-bond acceptors (Lipinski definition) is 4. The number of rotatable bonds is 15. The highest BCUT2D eigenvalue weighted by atomic mass is 16.5. The van der Waals surface area contributed by atoms with E-state index in [1.807, 2.05) is 12.1 Å². The fourth-order valence-electron chi connectivity index (χ4n) is 4.07. The van der Waals surface area contributed by atoms with Gasteiger partial charge in [0.25, 0.3) is 0 Å². The number of carboxylic acid groups (broad SMARTS) is 1. The summed E-state index contributed by atoms with van der Waals surface area (Å²) < 4.78 is 17.1. The molecule has 0 heterocycles. The molecule has 0 aliphatic heterocycles. The lowest BCUT2D eigenvalue weighted by atomic mass is 9.98. The van der Waals surface area contributed by atoms with Crippen LogP contribution in [0, 0.1) is 0 Å². The van der Waals surface area contributed by atoms with Crippen LogP contribution >= 0.6 is 0 Å². The first-order valence-corrected chi connectivity index (χ1v) is 11.8. The quantitative estimate of drug-likeness (QED) is 0.319. The number of aromatic carboxylic acids is 1. The Balaban J connectivity index is 1.88. The third-order valence-electron chi connectivity index (χ3n) is 5.60. The number of benzene rings is 2. The van der Waals surface area contributed by atoms with E-state index in [9.17, 15) is 9.90 Å². The minimum Gasteiger partial charge on any atom is -0.493 e. The Labute approximate surface area is 192 Å². The first-order chi connectivity index (χ1) is 15.5. The van der Waals surface area contributed by atoms with Crippen molar-refractivity contribution in [3.63, 3.8) is 0 Å². The topological polar surface area (TPSA) is 65.0 Å². The van der Waals surface area contributed by atoms with Gasteiger partial charge in [-0.15, -0.1) is 0 Å². The number of ether oxygens (including phenoxy) is 3. The summed E-state index contributed by atoms with van der Waals surface area (Å²) >= 11 is 0. The Hall–Kier alpha value is -2.69. The van der Waals surface area contributed by atoms with Crippen LogP contribution in [0.1, 0.15) is 79.4 Å². The van der Waals surface area contributed by atoms with E-state index in [0.717, 1.165) is 86.2 Å². The van der Waals surface area contributed by atoms with Gasteiger partial charge < -0.3 is 19.3 Å².